The van der Waals surface area contributed by atoms with Crippen molar-refractivity contribution < 1.29 is 4.79 Å². The molecule has 1 amide bonds. The molecule has 0 bridgehead atoms. The molecule has 1 aromatic carbocycles. The Morgan fingerprint density at radius 3 is 2.71 bits per heavy atom. The van der Waals surface area contributed by atoms with Crippen molar-refractivity contribution in [2.24, 2.45) is 0 Å². The molecule has 1 unspecified atom stereocenters. The normalized spacial score (nSPS) is 22.1. The van der Waals surface area contributed by atoms with E-state index >= 15 is 0 Å². The fourth-order valence-corrected chi connectivity index (χ4v) is 6.22. The van der Waals surface area contributed by atoms with Crippen molar-refractivity contribution in [3.05, 3.63) is 56.8 Å². The molecule has 0 spiro atoms. The van der Waals surface area contributed by atoms with Gasteiger partial charge in [-0.2, -0.15) is 0 Å². The fraction of sp³-hybridized carbons (Fsp3) is 0.542. The van der Waals surface area contributed by atoms with Crippen LogP contribution in [-0.2, 0) is 30.5 Å². The smallest absolute Gasteiger partial charge is 0.227 e. The van der Waals surface area contributed by atoms with Gasteiger partial charge in [0.2, 0.25) is 5.91 Å². The van der Waals surface area contributed by atoms with Gasteiger partial charge in [-0.05, 0) is 85.3 Å². The molecule has 1 fully saturated rings. The van der Waals surface area contributed by atoms with Crippen molar-refractivity contribution >= 4 is 17.2 Å². The number of hydrogen-bond acceptors (Lipinski definition) is 3. The van der Waals surface area contributed by atoms with Crippen LogP contribution in [0.3, 0.4) is 0 Å². The van der Waals surface area contributed by atoms with Gasteiger partial charge in [0.1, 0.15) is 0 Å². The second-order valence-electron chi connectivity index (χ2n) is 8.65. The summed E-state index contributed by atoms with van der Waals surface area (Å²) in [5, 5.41) is 2.21. The Morgan fingerprint density at radius 2 is 1.82 bits per heavy atom. The minimum absolute atomic E-state index is 0.232. The minimum atomic E-state index is 0.232. The lowest BCUT2D eigenvalue weighted by molar-refractivity contribution is -0.133. The van der Waals surface area contributed by atoms with E-state index in [2.05, 4.69) is 39.4 Å². The summed E-state index contributed by atoms with van der Waals surface area (Å²) < 4.78 is 0. The van der Waals surface area contributed by atoms with Gasteiger partial charge < -0.3 is 9.80 Å². The van der Waals surface area contributed by atoms with E-state index in [0.717, 1.165) is 19.5 Å². The number of likely N-dealkylation sites (tertiary alicyclic amines) is 1. The Balaban J connectivity index is 1.35. The van der Waals surface area contributed by atoms with Crippen molar-refractivity contribution in [3.8, 4) is 0 Å². The highest BCUT2D eigenvalue weighted by Gasteiger charge is 2.33. The third-order valence-corrected chi connectivity index (χ3v) is 7.81. The molecule has 3 heterocycles. The Morgan fingerprint density at radius 1 is 0.964 bits per heavy atom. The average molecular weight is 395 g/mol. The monoisotopic (exact) mass is 394 g/mol. The van der Waals surface area contributed by atoms with E-state index < -0.39 is 0 Å². The van der Waals surface area contributed by atoms with E-state index in [4.69, 9.17) is 0 Å². The molecule has 3 aliphatic rings. The first-order valence-electron chi connectivity index (χ1n) is 11.0. The molecule has 28 heavy (non-hydrogen) atoms. The molecule has 4 heteroatoms. The summed E-state index contributed by atoms with van der Waals surface area (Å²) in [5.74, 6) is 0.303. The van der Waals surface area contributed by atoms with Gasteiger partial charge >= 0.3 is 0 Å². The maximum atomic E-state index is 13.4. The van der Waals surface area contributed by atoms with Crippen LogP contribution >= 0.6 is 11.3 Å². The lowest BCUT2D eigenvalue weighted by Gasteiger charge is -2.40. The van der Waals surface area contributed by atoms with Gasteiger partial charge in [-0.25, -0.2) is 0 Å². The number of benzene rings is 1. The molecule has 2 aromatic rings. The van der Waals surface area contributed by atoms with Gasteiger partial charge in [0.15, 0.2) is 0 Å². The molecular formula is C24H30N2OS. The van der Waals surface area contributed by atoms with E-state index in [0.29, 0.717) is 12.3 Å². The van der Waals surface area contributed by atoms with Crippen LogP contribution in [0.15, 0.2) is 29.6 Å². The van der Waals surface area contributed by atoms with Crippen molar-refractivity contribution in [3.63, 3.8) is 0 Å². The van der Waals surface area contributed by atoms with Gasteiger partial charge in [-0.15, -0.1) is 11.3 Å². The summed E-state index contributed by atoms with van der Waals surface area (Å²) in [7, 11) is 0. The summed E-state index contributed by atoms with van der Waals surface area (Å²) in [5.41, 5.74) is 5.55. The molecule has 2 aliphatic heterocycles. The Kier molecular flexibility index (Phi) is 5.25. The van der Waals surface area contributed by atoms with Gasteiger partial charge in [-0.1, -0.05) is 24.6 Å². The number of amides is 1. The highest BCUT2D eigenvalue weighted by Crippen LogP contribution is 2.35. The molecule has 0 saturated carbocycles. The van der Waals surface area contributed by atoms with Gasteiger partial charge in [0, 0.05) is 18.0 Å². The van der Waals surface area contributed by atoms with Crippen molar-refractivity contribution in [1.29, 1.82) is 0 Å². The van der Waals surface area contributed by atoms with Crippen LogP contribution in [0.1, 0.15) is 58.9 Å². The van der Waals surface area contributed by atoms with Gasteiger partial charge in [0.05, 0.1) is 12.5 Å². The zero-order valence-electron chi connectivity index (χ0n) is 16.7. The number of nitrogens with zero attached hydrogens (tertiary/aromatic N) is 2. The van der Waals surface area contributed by atoms with Crippen LogP contribution < -0.4 is 0 Å². The number of rotatable bonds is 4. The highest BCUT2D eigenvalue weighted by molar-refractivity contribution is 7.10. The molecule has 1 aromatic heterocycles. The van der Waals surface area contributed by atoms with Crippen LogP contribution in [0.2, 0.25) is 0 Å². The van der Waals surface area contributed by atoms with E-state index in [9.17, 15) is 4.79 Å². The Bertz CT molecular complexity index is 852. The second-order valence-corrected chi connectivity index (χ2v) is 9.65. The van der Waals surface area contributed by atoms with Crippen molar-refractivity contribution in [2.45, 2.75) is 57.4 Å². The Hall–Kier alpha value is -1.65. The average Bonchev–Trinajstić information content (AvgIpc) is 3.38. The second kappa shape index (κ2) is 8.00. The predicted octanol–water partition coefficient (Wildman–Crippen LogP) is 4.39. The summed E-state index contributed by atoms with van der Waals surface area (Å²) in [6.45, 7) is 4.24. The highest BCUT2D eigenvalue weighted by atomic mass is 32.1. The number of hydrogen-bond donors (Lipinski definition) is 0. The first-order chi connectivity index (χ1) is 13.8. The zero-order valence-corrected chi connectivity index (χ0v) is 17.5. The molecule has 1 aliphatic carbocycles. The maximum absolute atomic E-state index is 13.4. The van der Waals surface area contributed by atoms with Crippen LogP contribution in [0, 0.1) is 0 Å². The van der Waals surface area contributed by atoms with Crippen LogP contribution in [0.4, 0.5) is 0 Å². The molecule has 1 saturated heterocycles. The molecule has 148 valence electrons. The number of piperidine rings is 1. The summed E-state index contributed by atoms with van der Waals surface area (Å²) in [6.07, 6.45) is 9.15. The van der Waals surface area contributed by atoms with E-state index in [1.165, 1.54) is 78.7 Å². The molecule has 1 atom stereocenters. The van der Waals surface area contributed by atoms with E-state index in [-0.39, 0.29) is 6.04 Å². The predicted molar refractivity (Wildman–Crippen MR) is 115 cm³/mol. The summed E-state index contributed by atoms with van der Waals surface area (Å²) in [6, 6.07) is 9.23. The zero-order chi connectivity index (χ0) is 18.9. The molecule has 0 N–H and O–H groups in total. The fourth-order valence-electron chi connectivity index (χ4n) is 5.29. The van der Waals surface area contributed by atoms with Crippen LogP contribution in [-0.4, -0.2) is 41.9 Å². The first-order valence-corrected chi connectivity index (χ1v) is 11.8. The van der Waals surface area contributed by atoms with Crippen LogP contribution in [0.25, 0.3) is 0 Å². The maximum Gasteiger partial charge on any atom is 0.227 e. The third kappa shape index (κ3) is 3.65. The van der Waals surface area contributed by atoms with Crippen molar-refractivity contribution in [1.82, 2.24) is 9.80 Å². The van der Waals surface area contributed by atoms with Crippen LogP contribution in [0.5, 0.6) is 0 Å². The number of aryl methyl sites for hydroxylation is 2. The first kappa shape index (κ1) is 18.4. The third-order valence-electron chi connectivity index (χ3n) is 6.81. The summed E-state index contributed by atoms with van der Waals surface area (Å²) >= 11 is 1.87. The molecule has 0 radical (unpaired) electrons. The Labute approximate surface area is 172 Å². The molecule has 3 nitrogen and oxygen atoms in total. The van der Waals surface area contributed by atoms with E-state index in [1.807, 2.05) is 11.3 Å². The SMILES string of the molecule is O=C(Cc1ccc2c(c1)CCC2)N1CCc2sccc2C1CN1CCCCC1. The molecule has 5 rings (SSSR count). The largest absolute Gasteiger partial charge is 0.334 e. The number of fused-ring (bicyclic) bond motifs is 2. The lowest BCUT2D eigenvalue weighted by Crippen LogP contribution is -2.46. The minimum Gasteiger partial charge on any atom is -0.334 e. The molecular weight excluding hydrogens is 364 g/mol. The number of carbonyl (C=O) groups is 1. The van der Waals surface area contributed by atoms with E-state index in [1.54, 1.807) is 0 Å². The van der Waals surface area contributed by atoms with Crippen molar-refractivity contribution in [2.75, 3.05) is 26.2 Å². The van der Waals surface area contributed by atoms with Gasteiger partial charge in [-0.3, -0.25) is 4.79 Å². The number of carbonyl (C=O) groups excluding carboxylic acids is 1. The van der Waals surface area contributed by atoms with Gasteiger partial charge in [0.25, 0.3) is 0 Å². The number of thiophene rings is 1. The quantitative estimate of drug-likeness (QED) is 0.768. The lowest BCUT2D eigenvalue weighted by atomic mass is 9.97. The topological polar surface area (TPSA) is 23.6 Å². The summed E-state index contributed by atoms with van der Waals surface area (Å²) in [4.78, 5) is 19.6. The standard InChI is InChI=1S/C24H30N2OS/c27-24(16-18-7-8-19-5-4-6-20(19)15-18)26-13-9-23-21(10-14-28-23)22(26)17-25-11-2-1-3-12-25/h7-8,10,14-15,22H,1-6,9,11-13,16-17H2.